The van der Waals surface area contributed by atoms with Crippen LogP contribution in [0.5, 0.6) is 0 Å². The van der Waals surface area contributed by atoms with E-state index < -0.39 is 0 Å². The first-order chi connectivity index (χ1) is 15.1. The normalized spacial score (nSPS) is 10.8. The first-order valence-electron chi connectivity index (χ1n) is 9.87. The number of carbonyl (C=O) groups excluding carboxylic acids is 1. The highest BCUT2D eigenvalue weighted by Crippen LogP contribution is 2.27. The molecule has 0 aliphatic carbocycles. The molecule has 0 saturated heterocycles. The fourth-order valence-electron chi connectivity index (χ4n) is 3.40. The zero-order chi connectivity index (χ0) is 21.8. The van der Waals surface area contributed by atoms with Gasteiger partial charge in [-0.15, -0.1) is 0 Å². The molecule has 2 aromatic heterocycles. The lowest BCUT2D eigenvalue weighted by Crippen LogP contribution is -2.18. The van der Waals surface area contributed by atoms with Crippen LogP contribution in [-0.4, -0.2) is 27.7 Å². The quantitative estimate of drug-likeness (QED) is 0.504. The van der Waals surface area contributed by atoms with E-state index in [9.17, 15) is 9.18 Å². The molecular weight excluding hydrogens is 393 g/mol. The van der Waals surface area contributed by atoms with Gasteiger partial charge in [-0.3, -0.25) is 14.5 Å². The first kappa shape index (κ1) is 20.4. The molecule has 0 spiro atoms. The third kappa shape index (κ3) is 4.51. The molecule has 3 N–H and O–H groups in total. The number of pyridine rings is 1. The number of nitrogens with one attached hydrogen (secondary N) is 1. The maximum Gasteiger partial charge on any atom is 0.251 e. The molecule has 31 heavy (non-hydrogen) atoms. The summed E-state index contributed by atoms with van der Waals surface area (Å²) in [5.74, 6) is -0.414. The molecule has 0 aliphatic heterocycles. The third-order valence-corrected chi connectivity index (χ3v) is 5.02. The highest BCUT2D eigenvalue weighted by atomic mass is 19.1. The standard InChI is InChI=1S/C24H22FN5O/c1-27-24(31)18-4-2-3-16(11-18)15-30-10-9-22(29-30)21-12-23(28-14-19(21)13-26)17-5-7-20(25)8-6-17/h2-12,14H,13,15,26H2,1H3,(H,27,31). The lowest BCUT2D eigenvalue weighted by molar-refractivity contribution is 0.0963. The Labute approximate surface area is 179 Å². The van der Waals surface area contributed by atoms with Gasteiger partial charge in [0.15, 0.2) is 0 Å². The Morgan fingerprint density at radius 1 is 1.10 bits per heavy atom. The highest BCUT2D eigenvalue weighted by molar-refractivity contribution is 5.94. The Bertz CT molecular complexity index is 1220. The molecule has 0 aliphatic rings. The molecule has 0 bridgehead atoms. The van der Waals surface area contributed by atoms with Crippen molar-refractivity contribution in [3.63, 3.8) is 0 Å². The average Bonchev–Trinajstić information content (AvgIpc) is 3.27. The van der Waals surface area contributed by atoms with Crippen LogP contribution in [0.25, 0.3) is 22.5 Å². The molecule has 0 radical (unpaired) electrons. The van der Waals surface area contributed by atoms with Crippen molar-refractivity contribution in [2.45, 2.75) is 13.1 Å². The van der Waals surface area contributed by atoms with Crippen LogP contribution in [0.1, 0.15) is 21.5 Å². The van der Waals surface area contributed by atoms with E-state index in [0.29, 0.717) is 18.7 Å². The van der Waals surface area contributed by atoms with E-state index in [2.05, 4.69) is 10.3 Å². The predicted octanol–water partition coefficient (Wildman–Crippen LogP) is 3.62. The Hall–Kier alpha value is -3.84. The molecule has 0 atom stereocenters. The molecule has 4 aromatic rings. The zero-order valence-electron chi connectivity index (χ0n) is 17.0. The minimum absolute atomic E-state index is 0.124. The molecule has 6 nitrogen and oxygen atoms in total. The van der Waals surface area contributed by atoms with E-state index in [1.165, 1.54) is 12.1 Å². The summed E-state index contributed by atoms with van der Waals surface area (Å²) in [5.41, 5.74) is 11.6. The summed E-state index contributed by atoms with van der Waals surface area (Å²) in [6.45, 7) is 0.853. The van der Waals surface area contributed by atoms with Gasteiger partial charge in [0.25, 0.3) is 5.91 Å². The topological polar surface area (TPSA) is 85.8 Å². The third-order valence-electron chi connectivity index (χ3n) is 5.02. The molecule has 0 unspecified atom stereocenters. The molecule has 2 heterocycles. The van der Waals surface area contributed by atoms with Gasteiger partial charge in [-0.05, 0) is 59.7 Å². The van der Waals surface area contributed by atoms with Crippen molar-refractivity contribution in [1.82, 2.24) is 20.1 Å². The van der Waals surface area contributed by atoms with E-state index in [4.69, 9.17) is 10.8 Å². The van der Waals surface area contributed by atoms with Gasteiger partial charge in [-0.2, -0.15) is 5.10 Å². The lowest BCUT2D eigenvalue weighted by Gasteiger charge is -2.09. The van der Waals surface area contributed by atoms with Crippen LogP contribution < -0.4 is 11.1 Å². The van der Waals surface area contributed by atoms with Gasteiger partial charge in [0.2, 0.25) is 0 Å². The number of hydrogen-bond donors (Lipinski definition) is 2. The zero-order valence-corrected chi connectivity index (χ0v) is 17.0. The maximum atomic E-state index is 13.3. The second kappa shape index (κ2) is 8.89. The minimum atomic E-state index is -0.290. The van der Waals surface area contributed by atoms with Crippen molar-refractivity contribution in [2.24, 2.45) is 5.73 Å². The molecule has 7 heteroatoms. The Morgan fingerprint density at radius 2 is 1.90 bits per heavy atom. The maximum absolute atomic E-state index is 13.3. The molecule has 0 saturated carbocycles. The number of halogens is 1. The van der Waals surface area contributed by atoms with Crippen LogP contribution in [0.3, 0.4) is 0 Å². The van der Waals surface area contributed by atoms with E-state index in [-0.39, 0.29) is 11.7 Å². The summed E-state index contributed by atoms with van der Waals surface area (Å²) in [4.78, 5) is 16.3. The van der Waals surface area contributed by atoms with Gasteiger partial charge in [-0.25, -0.2) is 4.39 Å². The Balaban J connectivity index is 1.63. The monoisotopic (exact) mass is 415 g/mol. The van der Waals surface area contributed by atoms with E-state index in [1.807, 2.05) is 41.2 Å². The summed E-state index contributed by atoms with van der Waals surface area (Å²) in [5, 5.41) is 7.33. The van der Waals surface area contributed by atoms with Gasteiger partial charge in [0, 0.05) is 42.7 Å². The number of benzene rings is 2. The van der Waals surface area contributed by atoms with Crippen LogP contribution in [0.4, 0.5) is 4.39 Å². The predicted molar refractivity (Wildman–Crippen MR) is 118 cm³/mol. The first-order valence-corrected chi connectivity index (χ1v) is 9.87. The van der Waals surface area contributed by atoms with Gasteiger partial charge >= 0.3 is 0 Å². The largest absolute Gasteiger partial charge is 0.355 e. The van der Waals surface area contributed by atoms with Gasteiger partial charge in [0.05, 0.1) is 17.9 Å². The van der Waals surface area contributed by atoms with Crippen LogP contribution in [0.2, 0.25) is 0 Å². The molecule has 156 valence electrons. The van der Waals surface area contributed by atoms with E-state index >= 15 is 0 Å². The molecule has 2 aromatic carbocycles. The van der Waals surface area contributed by atoms with Crippen molar-refractivity contribution in [3.8, 4) is 22.5 Å². The van der Waals surface area contributed by atoms with Crippen molar-refractivity contribution < 1.29 is 9.18 Å². The number of hydrogen-bond acceptors (Lipinski definition) is 4. The minimum Gasteiger partial charge on any atom is -0.355 e. The average molecular weight is 415 g/mol. The number of aromatic nitrogens is 3. The summed E-state index contributed by atoms with van der Waals surface area (Å²) >= 11 is 0. The van der Waals surface area contributed by atoms with Crippen molar-refractivity contribution in [3.05, 3.63) is 95.6 Å². The number of nitrogens with two attached hydrogens (primary N) is 1. The lowest BCUT2D eigenvalue weighted by atomic mass is 10.0. The second-order valence-electron chi connectivity index (χ2n) is 7.12. The highest BCUT2D eigenvalue weighted by Gasteiger charge is 2.12. The Kier molecular flexibility index (Phi) is 5.86. The Morgan fingerprint density at radius 3 is 2.65 bits per heavy atom. The van der Waals surface area contributed by atoms with Gasteiger partial charge in [0.1, 0.15) is 5.82 Å². The van der Waals surface area contributed by atoms with Crippen LogP contribution >= 0.6 is 0 Å². The summed E-state index contributed by atoms with van der Waals surface area (Å²) in [6, 6.07) is 17.5. The smallest absolute Gasteiger partial charge is 0.251 e. The molecular formula is C24H22FN5O. The molecule has 0 fully saturated rings. The van der Waals surface area contributed by atoms with Crippen LogP contribution in [0, 0.1) is 5.82 Å². The fraction of sp³-hybridized carbons (Fsp3) is 0.125. The van der Waals surface area contributed by atoms with Crippen molar-refractivity contribution >= 4 is 5.91 Å². The summed E-state index contributed by atoms with van der Waals surface area (Å²) in [7, 11) is 1.61. The van der Waals surface area contributed by atoms with Gasteiger partial charge < -0.3 is 11.1 Å². The van der Waals surface area contributed by atoms with Crippen molar-refractivity contribution in [2.75, 3.05) is 7.05 Å². The number of rotatable bonds is 6. The number of nitrogens with zero attached hydrogens (tertiary/aromatic N) is 3. The van der Waals surface area contributed by atoms with E-state index in [1.54, 1.807) is 31.4 Å². The molecule has 1 amide bonds. The van der Waals surface area contributed by atoms with Crippen molar-refractivity contribution in [1.29, 1.82) is 0 Å². The molecule has 4 rings (SSSR count). The van der Waals surface area contributed by atoms with Crippen LogP contribution in [-0.2, 0) is 13.1 Å². The fourth-order valence-corrected chi connectivity index (χ4v) is 3.40. The number of amides is 1. The summed E-state index contributed by atoms with van der Waals surface area (Å²) in [6.07, 6.45) is 3.63. The second-order valence-corrected chi connectivity index (χ2v) is 7.12. The van der Waals surface area contributed by atoms with E-state index in [0.717, 1.165) is 33.6 Å². The number of carbonyl (C=O) groups is 1. The van der Waals surface area contributed by atoms with Crippen LogP contribution in [0.15, 0.2) is 73.1 Å². The van der Waals surface area contributed by atoms with Gasteiger partial charge in [-0.1, -0.05) is 12.1 Å². The SMILES string of the molecule is CNC(=O)c1cccc(Cn2ccc(-c3cc(-c4ccc(F)cc4)ncc3CN)n2)c1. The summed E-state index contributed by atoms with van der Waals surface area (Å²) < 4.78 is 15.1.